The zero-order valence-corrected chi connectivity index (χ0v) is 18.5. The lowest BCUT2D eigenvalue weighted by Gasteiger charge is -2.10. The topological polar surface area (TPSA) is 0 Å². The van der Waals surface area contributed by atoms with Crippen molar-refractivity contribution in [2.24, 2.45) is 0 Å². The first-order valence-electron chi connectivity index (χ1n) is 10.2. The van der Waals surface area contributed by atoms with Gasteiger partial charge in [-0.1, -0.05) is 73.3 Å². The van der Waals surface area contributed by atoms with Crippen LogP contribution in [-0.4, -0.2) is 5.75 Å². The van der Waals surface area contributed by atoms with Crippen LogP contribution in [0.2, 0.25) is 0 Å². The molecule has 30 heavy (non-hydrogen) atoms. The molecule has 0 N–H and O–H groups in total. The van der Waals surface area contributed by atoms with E-state index in [1.165, 1.54) is 47.4 Å². The Labute approximate surface area is 186 Å². The monoisotopic (exact) mass is 422 g/mol. The molecule has 0 aliphatic carbocycles. The summed E-state index contributed by atoms with van der Waals surface area (Å²) in [7, 11) is 0. The summed E-state index contributed by atoms with van der Waals surface area (Å²) < 4.78 is 0. The van der Waals surface area contributed by atoms with Crippen LogP contribution >= 0.6 is 23.5 Å². The van der Waals surface area contributed by atoms with Gasteiger partial charge in [0.2, 0.25) is 0 Å². The lowest BCUT2D eigenvalue weighted by Crippen LogP contribution is -1.83. The molecule has 0 saturated heterocycles. The van der Waals surface area contributed by atoms with Crippen LogP contribution in [0.15, 0.2) is 118 Å². The van der Waals surface area contributed by atoms with E-state index in [9.17, 15) is 0 Å². The molecule has 0 unspecified atom stereocenters. The Kier molecular flexibility index (Phi) is 5.52. The molecule has 0 heterocycles. The minimum atomic E-state index is 1.11. The maximum atomic E-state index is 2.32. The maximum absolute atomic E-state index is 2.32. The Morgan fingerprint density at radius 3 is 1.87 bits per heavy atom. The second-order valence-electron chi connectivity index (χ2n) is 7.26. The van der Waals surface area contributed by atoms with Crippen LogP contribution in [0.25, 0.3) is 32.7 Å². The summed E-state index contributed by atoms with van der Waals surface area (Å²) >= 11 is 3.70. The molecule has 0 fully saturated rings. The fourth-order valence-electron chi connectivity index (χ4n) is 3.83. The first-order chi connectivity index (χ1) is 14.8. The molecule has 0 aliphatic heterocycles. The molecule has 0 radical (unpaired) electrons. The van der Waals surface area contributed by atoms with Gasteiger partial charge in [0.15, 0.2) is 0 Å². The highest BCUT2D eigenvalue weighted by atomic mass is 32.2. The molecule has 5 aromatic carbocycles. The van der Waals surface area contributed by atoms with Gasteiger partial charge in [-0.2, -0.15) is 0 Å². The molecule has 0 bridgehead atoms. The van der Waals surface area contributed by atoms with Gasteiger partial charge in [0.25, 0.3) is 0 Å². The second kappa shape index (κ2) is 8.59. The standard InChI is InChI=1S/C28H22S2/c1-2-29-24-14-16-26(17-15-24)30-25-12-10-20(11-13-25)27-9-5-8-23-18-21-6-3-4-7-22(21)19-28(23)27/h3-19H,2H2,1H3. The molecular formula is C28H22S2. The average molecular weight is 423 g/mol. The molecule has 0 aromatic heterocycles. The summed E-state index contributed by atoms with van der Waals surface area (Å²) in [5.41, 5.74) is 2.55. The normalized spacial score (nSPS) is 11.2. The lowest BCUT2D eigenvalue weighted by atomic mass is 9.96. The largest absolute Gasteiger partial charge is 0.126 e. The van der Waals surface area contributed by atoms with Crippen LogP contribution in [0.4, 0.5) is 0 Å². The molecule has 5 rings (SSSR count). The Morgan fingerprint density at radius 2 is 1.17 bits per heavy atom. The molecule has 0 amide bonds. The number of hydrogen-bond donors (Lipinski definition) is 0. The van der Waals surface area contributed by atoms with Gasteiger partial charge in [0.1, 0.15) is 0 Å². The number of hydrogen-bond acceptors (Lipinski definition) is 2. The molecule has 0 atom stereocenters. The van der Waals surface area contributed by atoms with E-state index in [0.717, 1.165) is 5.75 Å². The second-order valence-corrected chi connectivity index (χ2v) is 9.74. The Morgan fingerprint density at radius 1 is 0.567 bits per heavy atom. The predicted octanol–water partition coefficient (Wildman–Crippen LogP) is 8.92. The molecule has 0 aliphatic rings. The predicted molar refractivity (Wildman–Crippen MR) is 134 cm³/mol. The fourth-order valence-corrected chi connectivity index (χ4v) is 5.31. The summed E-state index contributed by atoms with van der Waals surface area (Å²) in [6, 6.07) is 37.6. The quantitative estimate of drug-likeness (QED) is 0.205. The highest BCUT2D eigenvalue weighted by molar-refractivity contribution is 7.99. The highest BCUT2D eigenvalue weighted by Gasteiger charge is 2.06. The van der Waals surface area contributed by atoms with Gasteiger partial charge < -0.3 is 0 Å². The summed E-state index contributed by atoms with van der Waals surface area (Å²) in [5.74, 6) is 1.11. The average Bonchev–Trinajstić information content (AvgIpc) is 2.79. The van der Waals surface area contributed by atoms with Gasteiger partial charge in [0, 0.05) is 14.7 Å². The van der Waals surface area contributed by atoms with E-state index in [0.29, 0.717) is 0 Å². The van der Waals surface area contributed by atoms with Gasteiger partial charge in [-0.05, 0) is 87.0 Å². The summed E-state index contributed by atoms with van der Waals surface area (Å²) in [5, 5.41) is 5.17. The zero-order chi connectivity index (χ0) is 20.3. The third kappa shape index (κ3) is 3.98. The van der Waals surface area contributed by atoms with Crippen LogP contribution in [-0.2, 0) is 0 Å². The van der Waals surface area contributed by atoms with Crippen molar-refractivity contribution in [3.63, 3.8) is 0 Å². The van der Waals surface area contributed by atoms with Gasteiger partial charge in [-0.3, -0.25) is 0 Å². The van der Waals surface area contributed by atoms with Crippen molar-refractivity contribution in [1.82, 2.24) is 0 Å². The minimum absolute atomic E-state index is 1.11. The van der Waals surface area contributed by atoms with Crippen molar-refractivity contribution in [2.75, 3.05) is 5.75 Å². The minimum Gasteiger partial charge on any atom is -0.126 e. The smallest absolute Gasteiger partial charge is 0.0123 e. The van der Waals surface area contributed by atoms with Gasteiger partial charge >= 0.3 is 0 Å². The third-order valence-corrected chi connectivity index (χ3v) is 7.19. The van der Waals surface area contributed by atoms with Crippen molar-refractivity contribution in [3.8, 4) is 11.1 Å². The van der Waals surface area contributed by atoms with E-state index >= 15 is 0 Å². The zero-order valence-electron chi connectivity index (χ0n) is 16.8. The molecule has 5 aromatic rings. The van der Waals surface area contributed by atoms with Crippen LogP contribution in [0.1, 0.15) is 6.92 Å². The van der Waals surface area contributed by atoms with Gasteiger partial charge in [-0.25, -0.2) is 0 Å². The molecule has 0 nitrogen and oxygen atoms in total. The van der Waals surface area contributed by atoms with E-state index in [4.69, 9.17) is 0 Å². The number of rotatable bonds is 5. The summed E-state index contributed by atoms with van der Waals surface area (Å²) in [6.07, 6.45) is 0. The van der Waals surface area contributed by atoms with Crippen molar-refractivity contribution in [2.45, 2.75) is 21.6 Å². The fraction of sp³-hybridized carbons (Fsp3) is 0.0714. The van der Waals surface area contributed by atoms with E-state index in [1.807, 2.05) is 23.5 Å². The van der Waals surface area contributed by atoms with Crippen LogP contribution in [0.5, 0.6) is 0 Å². The Balaban J connectivity index is 1.45. The van der Waals surface area contributed by atoms with E-state index in [2.05, 4.69) is 110 Å². The Hall–Kier alpha value is -2.68. The number of thioether (sulfide) groups is 1. The van der Waals surface area contributed by atoms with Crippen molar-refractivity contribution in [3.05, 3.63) is 103 Å². The first kappa shape index (κ1) is 19.3. The van der Waals surface area contributed by atoms with E-state index < -0.39 is 0 Å². The molecular weight excluding hydrogens is 400 g/mol. The van der Waals surface area contributed by atoms with Crippen molar-refractivity contribution < 1.29 is 0 Å². The van der Waals surface area contributed by atoms with Crippen molar-refractivity contribution in [1.29, 1.82) is 0 Å². The number of benzene rings is 5. The van der Waals surface area contributed by atoms with E-state index in [-0.39, 0.29) is 0 Å². The van der Waals surface area contributed by atoms with Crippen molar-refractivity contribution >= 4 is 45.1 Å². The van der Waals surface area contributed by atoms with Gasteiger partial charge in [-0.15, -0.1) is 11.8 Å². The lowest BCUT2D eigenvalue weighted by molar-refractivity contribution is 1.33. The Bertz CT molecular complexity index is 1300. The molecule has 0 spiro atoms. The third-order valence-electron chi connectivity index (χ3n) is 5.28. The molecule has 0 saturated carbocycles. The SMILES string of the molecule is CCSc1ccc(Sc2ccc(-c3cccc4cc5ccccc5cc34)cc2)cc1. The summed E-state index contributed by atoms with van der Waals surface area (Å²) in [6.45, 7) is 2.19. The van der Waals surface area contributed by atoms with Crippen LogP contribution in [0, 0.1) is 0 Å². The van der Waals surface area contributed by atoms with E-state index in [1.54, 1.807) is 0 Å². The van der Waals surface area contributed by atoms with Crippen LogP contribution < -0.4 is 0 Å². The maximum Gasteiger partial charge on any atom is 0.0123 e. The summed E-state index contributed by atoms with van der Waals surface area (Å²) in [4.78, 5) is 3.88. The molecule has 2 heteroatoms. The number of fused-ring (bicyclic) bond motifs is 2. The first-order valence-corrected chi connectivity index (χ1v) is 12.0. The van der Waals surface area contributed by atoms with Gasteiger partial charge in [0.05, 0.1) is 0 Å². The highest BCUT2D eigenvalue weighted by Crippen LogP contribution is 2.34. The molecule has 146 valence electrons. The van der Waals surface area contributed by atoms with Crippen LogP contribution in [0.3, 0.4) is 0 Å².